The number of rotatable bonds is 5. The number of ether oxygens (including phenoxy) is 2. The number of benzene rings is 1. The second-order valence-electron chi connectivity index (χ2n) is 5.46. The maximum Gasteiger partial charge on any atom is 0.246 e. The van der Waals surface area contributed by atoms with Crippen LogP contribution in [0.5, 0.6) is 5.75 Å². The van der Waals surface area contributed by atoms with Crippen molar-refractivity contribution in [3.63, 3.8) is 0 Å². The number of hydrogen-bond acceptors (Lipinski definition) is 4. The predicted molar refractivity (Wildman–Crippen MR) is 82.7 cm³/mol. The molecule has 7 heteroatoms. The molecule has 126 valence electrons. The van der Waals surface area contributed by atoms with Gasteiger partial charge in [-0.25, -0.2) is 4.39 Å². The summed E-state index contributed by atoms with van der Waals surface area (Å²) in [6, 6.07) is 3.42. The molecule has 1 fully saturated rings. The topological polar surface area (TPSA) is 76.7 Å². The summed E-state index contributed by atoms with van der Waals surface area (Å²) in [5, 5.41) is 5.25. The second kappa shape index (κ2) is 7.92. The van der Waals surface area contributed by atoms with Gasteiger partial charge in [0.15, 0.2) is 11.6 Å². The lowest BCUT2D eigenvalue weighted by Gasteiger charge is -2.23. The normalized spacial score (nSPS) is 16.5. The first kappa shape index (κ1) is 17.2. The van der Waals surface area contributed by atoms with Gasteiger partial charge < -0.3 is 20.1 Å². The highest BCUT2D eigenvalue weighted by Crippen LogP contribution is 2.20. The first-order valence-electron chi connectivity index (χ1n) is 7.53. The highest BCUT2D eigenvalue weighted by Gasteiger charge is 2.24. The number of carbonyl (C=O) groups is 2. The van der Waals surface area contributed by atoms with Crippen LogP contribution >= 0.6 is 0 Å². The van der Waals surface area contributed by atoms with Crippen LogP contribution in [0.2, 0.25) is 0 Å². The summed E-state index contributed by atoms with van der Waals surface area (Å²) in [5.41, 5.74) is 0.306. The van der Waals surface area contributed by atoms with Crippen LogP contribution in [0.3, 0.4) is 0 Å². The lowest BCUT2D eigenvalue weighted by molar-refractivity contribution is -0.131. The molecule has 0 saturated carbocycles. The van der Waals surface area contributed by atoms with Crippen molar-refractivity contribution in [1.29, 1.82) is 0 Å². The minimum atomic E-state index is -0.712. The number of amides is 2. The van der Waals surface area contributed by atoms with Gasteiger partial charge in [0.25, 0.3) is 0 Å². The van der Waals surface area contributed by atoms with Gasteiger partial charge >= 0.3 is 0 Å². The second-order valence-corrected chi connectivity index (χ2v) is 5.46. The highest BCUT2D eigenvalue weighted by atomic mass is 19.1. The van der Waals surface area contributed by atoms with Crippen molar-refractivity contribution in [3.8, 4) is 5.75 Å². The third-order valence-electron chi connectivity index (χ3n) is 3.76. The summed E-state index contributed by atoms with van der Waals surface area (Å²) in [7, 11) is 1.37. The predicted octanol–water partition coefficient (Wildman–Crippen LogP) is 1.70. The van der Waals surface area contributed by atoms with Gasteiger partial charge in [-0.1, -0.05) is 0 Å². The summed E-state index contributed by atoms with van der Waals surface area (Å²) in [6.45, 7) is 2.71. The maximum atomic E-state index is 13.6. The molecule has 1 heterocycles. The van der Waals surface area contributed by atoms with Crippen LogP contribution in [0.4, 0.5) is 10.1 Å². The molecule has 2 rings (SSSR count). The molecule has 1 aromatic carbocycles. The molecule has 2 amide bonds. The van der Waals surface area contributed by atoms with E-state index >= 15 is 0 Å². The third-order valence-corrected chi connectivity index (χ3v) is 3.76. The zero-order chi connectivity index (χ0) is 16.8. The van der Waals surface area contributed by atoms with Gasteiger partial charge in [0.1, 0.15) is 6.04 Å². The molecule has 0 aliphatic carbocycles. The summed E-state index contributed by atoms with van der Waals surface area (Å²) < 4.78 is 23.6. The lowest BCUT2D eigenvalue weighted by atomic mass is 9.99. The molecule has 0 spiro atoms. The Bertz CT molecular complexity index is 573. The van der Waals surface area contributed by atoms with Crippen LogP contribution in [-0.2, 0) is 14.3 Å². The van der Waals surface area contributed by atoms with E-state index in [9.17, 15) is 14.0 Å². The van der Waals surface area contributed by atoms with Crippen molar-refractivity contribution in [2.45, 2.75) is 25.8 Å². The third kappa shape index (κ3) is 4.66. The molecule has 0 radical (unpaired) electrons. The molecule has 0 bridgehead atoms. The van der Waals surface area contributed by atoms with E-state index in [-0.39, 0.29) is 17.6 Å². The lowest BCUT2D eigenvalue weighted by Crippen LogP contribution is -2.45. The van der Waals surface area contributed by atoms with Gasteiger partial charge in [-0.3, -0.25) is 9.59 Å². The van der Waals surface area contributed by atoms with Gasteiger partial charge in [0, 0.05) is 30.9 Å². The number of anilines is 1. The summed E-state index contributed by atoms with van der Waals surface area (Å²) in [4.78, 5) is 24.2. The fraction of sp³-hybridized carbons (Fsp3) is 0.500. The minimum Gasteiger partial charge on any atom is -0.494 e. The molecule has 1 aliphatic heterocycles. The molecule has 1 unspecified atom stereocenters. The standard InChI is InChI=1S/C16H21FN2O4/c1-10(18-16(21)11-5-7-23-8-6-11)15(20)19-12-3-4-14(22-2)13(17)9-12/h3-4,9-11H,5-8H2,1-2H3,(H,18,21)(H,19,20). The van der Waals surface area contributed by atoms with Crippen LogP contribution in [0.15, 0.2) is 18.2 Å². The molecule has 1 aromatic rings. The summed E-state index contributed by atoms with van der Waals surface area (Å²) in [6.07, 6.45) is 1.31. The van der Waals surface area contributed by atoms with Gasteiger partial charge in [-0.05, 0) is 31.9 Å². The fourth-order valence-corrected chi connectivity index (χ4v) is 2.35. The first-order valence-corrected chi connectivity index (χ1v) is 7.53. The Morgan fingerprint density at radius 2 is 2.04 bits per heavy atom. The Morgan fingerprint density at radius 3 is 2.65 bits per heavy atom. The van der Waals surface area contributed by atoms with E-state index in [1.807, 2.05) is 0 Å². The van der Waals surface area contributed by atoms with E-state index in [1.165, 1.54) is 25.3 Å². The zero-order valence-electron chi connectivity index (χ0n) is 13.2. The van der Waals surface area contributed by atoms with Crippen LogP contribution in [-0.4, -0.2) is 38.2 Å². The number of nitrogens with one attached hydrogen (secondary N) is 2. The Balaban J connectivity index is 1.89. The molecule has 1 saturated heterocycles. The SMILES string of the molecule is COc1ccc(NC(=O)C(C)NC(=O)C2CCOCC2)cc1F. The van der Waals surface area contributed by atoms with Crippen molar-refractivity contribution in [1.82, 2.24) is 5.32 Å². The van der Waals surface area contributed by atoms with Crippen molar-refractivity contribution in [3.05, 3.63) is 24.0 Å². The molecular weight excluding hydrogens is 303 g/mol. The average molecular weight is 324 g/mol. The van der Waals surface area contributed by atoms with Crippen molar-refractivity contribution in [2.75, 3.05) is 25.6 Å². The maximum absolute atomic E-state index is 13.6. The monoisotopic (exact) mass is 324 g/mol. The van der Waals surface area contributed by atoms with Crippen LogP contribution in [0.1, 0.15) is 19.8 Å². The Hall–Kier alpha value is -2.15. The number of carbonyl (C=O) groups excluding carboxylic acids is 2. The minimum absolute atomic E-state index is 0.101. The average Bonchev–Trinajstić information content (AvgIpc) is 2.55. The van der Waals surface area contributed by atoms with E-state index in [0.717, 1.165) is 0 Å². The van der Waals surface area contributed by atoms with E-state index in [2.05, 4.69) is 10.6 Å². The van der Waals surface area contributed by atoms with E-state index in [4.69, 9.17) is 9.47 Å². The molecule has 0 aromatic heterocycles. The van der Waals surface area contributed by atoms with Crippen molar-refractivity contribution in [2.24, 2.45) is 5.92 Å². The number of methoxy groups -OCH3 is 1. The van der Waals surface area contributed by atoms with E-state index in [1.54, 1.807) is 6.92 Å². The van der Waals surface area contributed by atoms with Gasteiger partial charge in [-0.15, -0.1) is 0 Å². The summed E-state index contributed by atoms with van der Waals surface area (Å²) in [5.74, 6) is -1.16. The zero-order valence-corrected chi connectivity index (χ0v) is 13.2. The number of hydrogen-bond donors (Lipinski definition) is 2. The van der Waals surface area contributed by atoms with Crippen LogP contribution < -0.4 is 15.4 Å². The first-order chi connectivity index (χ1) is 11.0. The van der Waals surface area contributed by atoms with Gasteiger partial charge in [0.2, 0.25) is 11.8 Å². The quantitative estimate of drug-likeness (QED) is 0.864. The Morgan fingerprint density at radius 1 is 1.35 bits per heavy atom. The molecule has 1 aliphatic rings. The molecule has 1 atom stereocenters. The molecule has 23 heavy (non-hydrogen) atoms. The van der Waals surface area contributed by atoms with Crippen molar-refractivity contribution < 1.29 is 23.5 Å². The van der Waals surface area contributed by atoms with Gasteiger partial charge in [-0.2, -0.15) is 0 Å². The molecular formula is C16H21FN2O4. The van der Waals surface area contributed by atoms with E-state index in [0.29, 0.717) is 31.7 Å². The summed E-state index contributed by atoms with van der Waals surface area (Å²) >= 11 is 0. The number of halogens is 1. The molecule has 6 nitrogen and oxygen atoms in total. The van der Waals surface area contributed by atoms with Gasteiger partial charge in [0.05, 0.1) is 7.11 Å². The van der Waals surface area contributed by atoms with E-state index < -0.39 is 17.8 Å². The van der Waals surface area contributed by atoms with Crippen LogP contribution in [0.25, 0.3) is 0 Å². The Labute approximate surface area is 134 Å². The van der Waals surface area contributed by atoms with Crippen molar-refractivity contribution >= 4 is 17.5 Å². The highest BCUT2D eigenvalue weighted by molar-refractivity contribution is 5.97. The largest absolute Gasteiger partial charge is 0.494 e. The van der Waals surface area contributed by atoms with Crippen LogP contribution in [0, 0.1) is 11.7 Å². The fourth-order valence-electron chi connectivity index (χ4n) is 2.35. The smallest absolute Gasteiger partial charge is 0.246 e. The Kier molecular flexibility index (Phi) is 5.92. The molecule has 2 N–H and O–H groups in total.